The fourth-order valence-corrected chi connectivity index (χ4v) is 3.09. The minimum Gasteiger partial charge on any atom is -0.335 e. The van der Waals surface area contributed by atoms with Gasteiger partial charge < -0.3 is 10.3 Å². The quantitative estimate of drug-likeness (QED) is 0.900. The molecule has 6 heteroatoms. The predicted octanol–water partition coefficient (Wildman–Crippen LogP) is 1.10. The van der Waals surface area contributed by atoms with E-state index in [-0.39, 0.29) is 6.04 Å². The van der Waals surface area contributed by atoms with Gasteiger partial charge in [0.25, 0.3) is 0 Å². The Morgan fingerprint density at radius 1 is 1.26 bits per heavy atom. The van der Waals surface area contributed by atoms with Crippen LogP contribution in [0.4, 0.5) is 0 Å². The standard InChI is InChI=1S/C13H24ClN5/c1-10(2)18-4-6-19(7-5-18)11(8-15)12-13(14)16-9-17(12)3/h9-11H,4-8,15H2,1-3H3. The van der Waals surface area contributed by atoms with Crippen molar-refractivity contribution < 1.29 is 0 Å². The minimum atomic E-state index is 0.161. The molecule has 2 N–H and O–H groups in total. The second kappa shape index (κ2) is 6.22. The Morgan fingerprint density at radius 3 is 2.26 bits per heavy atom. The molecule has 1 fully saturated rings. The van der Waals surface area contributed by atoms with Crippen LogP contribution in [0.25, 0.3) is 0 Å². The van der Waals surface area contributed by atoms with Gasteiger partial charge in [0.15, 0.2) is 5.15 Å². The van der Waals surface area contributed by atoms with Crippen LogP contribution in [0.15, 0.2) is 6.33 Å². The molecule has 0 spiro atoms. The van der Waals surface area contributed by atoms with Gasteiger partial charge in [-0.3, -0.25) is 9.80 Å². The zero-order chi connectivity index (χ0) is 14.0. The summed E-state index contributed by atoms with van der Waals surface area (Å²) in [6.07, 6.45) is 1.75. The number of rotatable bonds is 4. The number of hydrogen-bond acceptors (Lipinski definition) is 4. The van der Waals surface area contributed by atoms with Crippen LogP contribution >= 0.6 is 11.6 Å². The number of hydrogen-bond donors (Lipinski definition) is 1. The molecule has 0 bridgehead atoms. The Balaban J connectivity index is 2.08. The summed E-state index contributed by atoms with van der Waals surface area (Å²) in [5.74, 6) is 0. The number of imidazole rings is 1. The van der Waals surface area contributed by atoms with Crippen molar-refractivity contribution in [3.05, 3.63) is 17.2 Å². The van der Waals surface area contributed by atoms with Gasteiger partial charge in [-0.1, -0.05) is 11.6 Å². The first kappa shape index (κ1) is 14.8. The van der Waals surface area contributed by atoms with E-state index in [0.29, 0.717) is 17.7 Å². The second-order valence-corrected chi connectivity index (χ2v) is 5.81. The van der Waals surface area contributed by atoms with Crippen LogP contribution in [0.3, 0.4) is 0 Å². The van der Waals surface area contributed by atoms with Crippen LogP contribution in [0.2, 0.25) is 5.15 Å². The van der Waals surface area contributed by atoms with E-state index in [1.54, 1.807) is 6.33 Å². The fraction of sp³-hybridized carbons (Fsp3) is 0.769. The topological polar surface area (TPSA) is 50.3 Å². The molecule has 1 unspecified atom stereocenters. The molecule has 0 saturated carbocycles. The molecule has 0 radical (unpaired) electrons. The van der Waals surface area contributed by atoms with E-state index in [9.17, 15) is 0 Å². The number of nitrogens with two attached hydrogens (primary N) is 1. The first-order valence-electron chi connectivity index (χ1n) is 6.89. The summed E-state index contributed by atoms with van der Waals surface area (Å²) in [5, 5.41) is 0.573. The number of nitrogens with zero attached hydrogens (tertiary/aromatic N) is 4. The lowest BCUT2D eigenvalue weighted by Gasteiger charge is -2.40. The van der Waals surface area contributed by atoms with Crippen LogP contribution in [-0.4, -0.2) is 58.1 Å². The smallest absolute Gasteiger partial charge is 0.151 e. The number of aryl methyl sites for hydroxylation is 1. The summed E-state index contributed by atoms with van der Waals surface area (Å²) in [6.45, 7) is 9.29. The number of piperazine rings is 1. The maximum absolute atomic E-state index is 6.19. The average Bonchev–Trinajstić information content (AvgIpc) is 2.72. The summed E-state index contributed by atoms with van der Waals surface area (Å²) in [7, 11) is 1.97. The Bertz CT molecular complexity index is 390. The molecule has 108 valence electrons. The van der Waals surface area contributed by atoms with Crippen molar-refractivity contribution in [3.63, 3.8) is 0 Å². The van der Waals surface area contributed by atoms with Crippen molar-refractivity contribution in [2.24, 2.45) is 12.8 Å². The van der Waals surface area contributed by atoms with Crippen LogP contribution in [0, 0.1) is 0 Å². The Morgan fingerprint density at radius 2 is 1.84 bits per heavy atom. The highest BCUT2D eigenvalue weighted by molar-refractivity contribution is 6.30. The molecule has 1 aliphatic heterocycles. The van der Waals surface area contributed by atoms with Crippen molar-refractivity contribution in [2.45, 2.75) is 25.9 Å². The summed E-state index contributed by atoms with van der Waals surface area (Å²) in [4.78, 5) is 9.07. The summed E-state index contributed by atoms with van der Waals surface area (Å²) in [6, 6.07) is 0.771. The van der Waals surface area contributed by atoms with Gasteiger partial charge in [0.2, 0.25) is 0 Å². The Labute approximate surface area is 120 Å². The van der Waals surface area contributed by atoms with Crippen LogP contribution < -0.4 is 5.73 Å². The number of aromatic nitrogens is 2. The van der Waals surface area contributed by atoms with Crippen LogP contribution in [0.5, 0.6) is 0 Å². The van der Waals surface area contributed by atoms with Gasteiger partial charge >= 0.3 is 0 Å². The predicted molar refractivity (Wildman–Crippen MR) is 78.3 cm³/mol. The highest BCUT2D eigenvalue weighted by atomic mass is 35.5. The molecule has 5 nitrogen and oxygen atoms in total. The highest BCUT2D eigenvalue weighted by Crippen LogP contribution is 2.26. The molecule has 1 aliphatic rings. The lowest BCUT2D eigenvalue weighted by molar-refractivity contribution is 0.0781. The third kappa shape index (κ3) is 3.11. The van der Waals surface area contributed by atoms with Crippen molar-refractivity contribution in [1.29, 1.82) is 0 Å². The second-order valence-electron chi connectivity index (χ2n) is 5.45. The molecule has 1 atom stereocenters. The number of halogens is 1. The summed E-state index contributed by atoms with van der Waals surface area (Å²) < 4.78 is 1.98. The van der Waals surface area contributed by atoms with Crippen molar-refractivity contribution in [3.8, 4) is 0 Å². The molecular weight excluding hydrogens is 262 g/mol. The van der Waals surface area contributed by atoms with Crippen molar-refractivity contribution in [2.75, 3.05) is 32.7 Å². The minimum absolute atomic E-state index is 0.161. The lowest BCUT2D eigenvalue weighted by Crippen LogP contribution is -2.51. The highest BCUT2D eigenvalue weighted by Gasteiger charge is 2.28. The molecule has 0 aromatic carbocycles. The van der Waals surface area contributed by atoms with E-state index in [4.69, 9.17) is 17.3 Å². The Hall–Kier alpha value is -0.620. The van der Waals surface area contributed by atoms with E-state index in [2.05, 4.69) is 28.6 Å². The van der Waals surface area contributed by atoms with E-state index >= 15 is 0 Å². The molecule has 1 saturated heterocycles. The molecule has 19 heavy (non-hydrogen) atoms. The monoisotopic (exact) mass is 285 g/mol. The first-order chi connectivity index (χ1) is 9.04. The molecule has 2 rings (SSSR count). The Kier molecular flexibility index (Phi) is 4.84. The van der Waals surface area contributed by atoms with E-state index < -0.39 is 0 Å². The third-order valence-corrected chi connectivity index (χ3v) is 4.29. The maximum Gasteiger partial charge on any atom is 0.151 e. The van der Waals surface area contributed by atoms with Gasteiger partial charge in [-0.15, -0.1) is 0 Å². The summed E-state index contributed by atoms with van der Waals surface area (Å²) >= 11 is 6.19. The first-order valence-corrected chi connectivity index (χ1v) is 7.27. The average molecular weight is 286 g/mol. The molecule has 1 aromatic heterocycles. The molecule has 1 aromatic rings. The molecule has 0 amide bonds. The van der Waals surface area contributed by atoms with E-state index in [1.165, 1.54) is 0 Å². The van der Waals surface area contributed by atoms with Crippen LogP contribution in [-0.2, 0) is 7.05 Å². The van der Waals surface area contributed by atoms with Gasteiger partial charge in [-0.2, -0.15) is 0 Å². The van der Waals surface area contributed by atoms with Gasteiger partial charge in [-0.25, -0.2) is 4.98 Å². The van der Waals surface area contributed by atoms with E-state index in [1.807, 2.05) is 11.6 Å². The zero-order valence-electron chi connectivity index (χ0n) is 12.0. The van der Waals surface area contributed by atoms with Crippen molar-refractivity contribution in [1.82, 2.24) is 19.4 Å². The third-order valence-electron chi connectivity index (χ3n) is 3.99. The lowest BCUT2D eigenvalue weighted by atomic mass is 10.1. The van der Waals surface area contributed by atoms with E-state index in [0.717, 1.165) is 31.9 Å². The fourth-order valence-electron chi connectivity index (χ4n) is 2.78. The largest absolute Gasteiger partial charge is 0.335 e. The van der Waals surface area contributed by atoms with Gasteiger partial charge in [0.1, 0.15) is 0 Å². The molecular formula is C13H24ClN5. The van der Waals surface area contributed by atoms with Crippen LogP contribution in [0.1, 0.15) is 25.6 Å². The van der Waals surface area contributed by atoms with Crippen molar-refractivity contribution >= 4 is 11.6 Å². The molecule has 0 aliphatic carbocycles. The zero-order valence-corrected chi connectivity index (χ0v) is 12.8. The SMILES string of the molecule is CC(C)N1CCN(C(CN)c2c(Cl)ncn2C)CC1. The molecule has 2 heterocycles. The maximum atomic E-state index is 6.19. The van der Waals surface area contributed by atoms with Gasteiger partial charge in [-0.05, 0) is 13.8 Å². The normalized spacial score (nSPS) is 20.1. The summed E-state index contributed by atoms with van der Waals surface area (Å²) in [5.41, 5.74) is 7.00. The van der Waals surface area contributed by atoms with Gasteiger partial charge in [0, 0.05) is 45.8 Å². The van der Waals surface area contributed by atoms with Gasteiger partial charge in [0.05, 0.1) is 18.1 Å².